The van der Waals surface area contributed by atoms with Gasteiger partial charge in [-0.05, 0) is 25.7 Å². The van der Waals surface area contributed by atoms with Crippen LogP contribution in [0.4, 0.5) is 0 Å². The molecule has 0 aromatic carbocycles. The van der Waals surface area contributed by atoms with E-state index in [0.717, 1.165) is 12.1 Å². The summed E-state index contributed by atoms with van der Waals surface area (Å²) in [5, 5.41) is 12.4. The van der Waals surface area contributed by atoms with Gasteiger partial charge in [0, 0.05) is 18.2 Å². The van der Waals surface area contributed by atoms with Crippen LogP contribution in [0.15, 0.2) is 11.8 Å². The third-order valence-corrected chi connectivity index (χ3v) is 2.55. The van der Waals surface area contributed by atoms with Gasteiger partial charge in [0.05, 0.1) is 12.1 Å². The minimum absolute atomic E-state index is 0.0275. The second-order valence-electron chi connectivity index (χ2n) is 5.82. The standard InChI is InChI=1S/C12H21NO2/c1-11(2)6-9(5-10(15)7-11)13-12(3,4)8-14/h5,13-14H,6-8H2,1-4H3. The maximum absolute atomic E-state index is 11.5. The molecule has 0 bridgehead atoms. The average molecular weight is 211 g/mol. The van der Waals surface area contributed by atoms with Crippen LogP contribution in [0, 0.1) is 5.41 Å². The monoisotopic (exact) mass is 211 g/mol. The van der Waals surface area contributed by atoms with Crippen LogP contribution in [-0.4, -0.2) is 23.0 Å². The SMILES string of the molecule is CC1(C)CC(=O)C=C(NC(C)(C)CO)C1. The van der Waals surface area contributed by atoms with E-state index in [4.69, 9.17) is 5.11 Å². The number of carbonyl (C=O) groups excluding carboxylic acids is 1. The van der Waals surface area contributed by atoms with E-state index in [-0.39, 0.29) is 23.3 Å². The Hall–Kier alpha value is -0.830. The second kappa shape index (κ2) is 3.97. The molecule has 0 heterocycles. The van der Waals surface area contributed by atoms with E-state index in [1.807, 2.05) is 13.8 Å². The fourth-order valence-corrected chi connectivity index (χ4v) is 1.90. The van der Waals surface area contributed by atoms with Crippen LogP contribution < -0.4 is 5.32 Å². The molecule has 0 unspecified atom stereocenters. The van der Waals surface area contributed by atoms with Gasteiger partial charge in [0.15, 0.2) is 5.78 Å². The molecule has 0 saturated heterocycles. The average Bonchev–Trinajstić information content (AvgIpc) is 1.99. The first-order valence-corrected chi connectivity index (χ1v) is 5.37. The summed E-state index contributed by atoms with van der Waals surface area (Å²) >= 11 is 0. The summed E-state index contributed by atoms with van der Waals surface area (Å²) in [6.07, 6.45) is 3.14. The number of hydrogen-bond donors (Lipinski definition) is 2. The van der Waals surface area contributed by atoms with Gasteiger partial charge >= 0.3 is 0 Å². The molecule has 3 heteroatoms. The zero-order valence-electron chi connectivity index (χ0n) is 10.1. The highest BCUT2D eigenvalue weighted by molar-refractivity contribution is 5.91. The van der Waals surface area contributed by atoms with Crippen molar-refractivity contribution in [2.75, 3.05) is 6.61 Å². The number of nitrogens with one attached hydrogen (secondary N) is 1. The Morgan fingerprint density at radius 2 is 2.07 bits per heavy atom. The van der Waals surface area contributed by atoms with Gasteiger partial charge in [-0.1, -0.05) is 13.8 Å². The minimum atomic E-state index is -0.362. The molecule has 0 fully saturated rings. The Labute approximate surface area is 91.6 Å². The molecule has 0 atom stereocenters. The summed E-state index contributed by atoms with van der Waals surface area (Å²) in [6, 6.07) is 0. The lowest BCUT2D eigenvalue weighted by Crippen LogP contribution is -2.44. The maximum atomic E-state index is 11.5. The van der Waals surface area contributed by atoms with Crippen molar-refractivity contribution in [2.24, 2.45) is 5.41 Å². The zero-order valence-corrected chi connectivity index (χ0v) is 10.1. The Kier molecular flexibility index (Phi) is 3.24. The molecule has 1 aliphatic rings. The highest BCUT2D eigenvalue weighted by Gasteiger charge is 2.29. The molecule has 0 aliphatic heterocycles. The summed E-state index contributed by atoms with van der Waals surface area (Å²) in [6.45, 7) is 8.07. The molecule has 3 nitrogen and oxygen atoms in total. The van der Waals surface area contributed by atoms with Gasteiger partial charge < -0.3 is 10.4 Å². The summed E-state index contributed by atoms with van der Waals surface area (Å²) < 4.78 is 0. The van der Waals surface area contributed by atoms with Gasteiger partial charge in [0.2, 0.25) is 0 Å². The lowest BCUT2D eigenvalue weighted by Gasteiger charge is -2.34. The molecule has 0 aromatic rings. The van der Waals surface area contributed by atoms with Crippen molar-refractivity contribution in [3.05, 3.63) is 11.8 Å². The quantitative estimate of drug-likeness (QED) is 0.746. The third kappa shape index (κ3) is 3.67. The smallest absolute Gasteiger partial charge is 0.157 e. The first kappa shape index (κ1) is 12.2. The first-order chi connectivity index (χ1) is 6.74. The van der Waals surface area contributed by atoms with Gasteiger partial charge in [-0.25, -0.2) is 0 Å². The van der Waals surface area contributed by atoms with Crippen LogP contribution in [0.3, 0.4) is 0 Å². The van der Waals surface area contributed by atoms with Crippen molar-refractivity contribution in [3.63, 3.8) is 0 Å². The minimum Gasteiger partial charge on any atom is -0.394 e. The highest BCUT2D eigenvalue weighted by atomic mass is 16.3. The lowest BCUT2D eigenvalue weighted by atomic mass is 9.78. The van der Waals surface area contributed by atoms with Crippen LogP contribution in [0.5, 0.6) is 0 Å². The molecule has 0 radical (unpaired) electrons. The highest BCUT2D eigenvalue weighted by Crippen LogP contribution is 2.33. The van der Waals surface area contributed by atoms with Crippen LogP contribution in [-0.2, 0) is 4.79 Å². The van der Waals surface area contributed by atoms with Crippen molar-refractivity contribution in [1.29, 1.82) is 0 Å². The second-order valence-corrected chi connectivity index (χ2v) is 5.82. The molecule has 1 aliphatic carbocycles. The molecular weight excluding hydrogens is 190 g/mol. The van der Waals surface area contributed by atoms with Gasteiger partial charge in [-0.3, -0.25) is 4.79 Å². The molecule has 86 valence electrons. The van der Waals surface area contributed by atoms with E-state index in [9.17, 15) is 4.79 Å². The van der Waals surface area contributed by atoms with E-state index < -0.39 is 0 Å². The number of aliphatic hydroxyl groups excluding tert-OH is 1. The van der Waals surface area contributed by atoms with E-state index >= 15 is 0 Å². The lowest BCUT2D eigenvalue weighted by molar-refractivity contribution is -0.117. The number of carbonyl (C=O) groups is 1. The van der Waals surface area contributed by atoms with E-state index in [1.165, 1.54) is 0 Å². The molecule has 1 rings (SSSR count). The Balaban J connectivity index is 2.75. The predicted octanol–water partition coefficient (Wildman–Crippen LogP) is 1.62. The largest absolute Gasteiger partial charge is 0.394 e. The predicted molar refractivity (Wildman–Crippen MR) is 60.4 cm³/mol. The topological polar surface area (TPSA) is 49.3 Å². The first-order valence-electron chi connectivity index (χ1n) is 5.37. The fourth-order valence-electron chi connectivity index (χ4n) is 1.90. The van der Waals surface area contributed by atoms with Crippen LogP contribution >= 0.6 is 0 Å². The van der Waals surface area contributed by atoms with Crippen LogP contribution in [0.2, 0.25) is 0 Å². The molecular formula is C12H21NO2. The maximum Gasteiger partial charge on any atom is 0.157 e. The Bertz CT molecular complexity index is 290. The van der Waals surface area contributed by atoms with Crippen molar-refractivity contribution < 1.29 is 9.90 Å². The van der Waals surface area contributed by atoms with Crippen LogP contribution in [0.25, 0.3) is 0 Å². The van der Waals surface area contributed by atoms with E-state index in [1.54, 1.807) is 6.08 Å². The Morgan fingerprint density at radius 3 is 2.53 bits per heavy atom. The molecule has 0 saturated carbocycles. The van der Waals surface area contributed by atoms with Crippen molar-refractivity contribution >= 4 is 5.78 Å². The van der Waals surface area contributed by atoms with Gasteiger partial charge in [-0.2, -0.15) is 0 Å². The Morgan fingerprint density at radius 1 is 1.47 bits per heavy atom. The van der Waals surface area contributed by atoms with Crippen molar-refractivity contribution in [1.82, 2.24) is 5.32 Å². The van der Waals surface area contributed by atoms with Crippen molar-refractivity contribution in [2.45, 2.75) is 46.1 Å². The zero-order chi connectivity index (χ0) is 11.7. The number of hydrogen-bond acceptors (Lipinski definition) is 3. The number of rotatable bonds is 3. The summed E-state index contributed by atoms with van der Waals surface area (Å²) in [7, 11) is 0. The van der Waals surface area contributed by atoms with E-state index in [0.29, 0.717) is 6.42 Å². The van der Waals surface area contributed by atoms with Crippen LogP contribution in [0.1, 0.15) is 40.5 Å². The third-order valence-electron chi connectivity index (χ3n) is 2.55. The van der Waals surface area contributed by atoms with Gasteiger partial charge in [0.25, 0.3) is 0 Å². The molecule has 2 N–H and O–H groups in total. The number of ketones is 1. The summed E-state index contributed by atoms with van der Waals surface area (Å²) in [5.74, 6) is 0.169. The molecule has 0 spiro atoms. The van der Waals surface area contributed by atoms with Crippen molar-refractivity contribution in [3.8, 4) is 0 Å². The summed E-state index contributed by atoms with van der Waals surface area (Å²) in [5.41, 5.74) is 0.606. The fraction of sp³-hybridized carbons (Fsp3) is 0.750. The normalized spacial score (nSPS) is 21.1. The molecule has 0 amide bonds. The molecule has 0 aromatic heterocycles. The van der Waals surface area contributed by atoms with Gasteiger partial charge in [0.1, 0.15) is 0 Å². The van der Waals surface area contributed by atoms with E-state index in [2.05, 4.69) is 19.2 Å². The summed E-state index contributed by atoms with van der Waals surface area (Å²) in [4.78, 5) is 11.5. The number of aliphatic hydroxyl groups is 1. The molecule has 15 heavy (non-hydrogen) atoms. The van der Waals surface area contributed by atoms with Gasteiger partial charge in [-0.15, -0.1) is 0 Å². The number of allylic oxidation sites excluding steroid dienone is 2.